The van der Waals surface area contributed by atoms with Crippen LogP contribution in [0.25, 0.3) is 0 Å². The smallest absolute Gasteiger partial charge is 0.330 e. The summed E-state index contributed by atoms with van der Waals surface area (Å²) in [5.41, 5.74) is 0.496. The standard InChI is InChI=1S/C13H15N5O3/c1-18-8-15-10(17-18)7-14-13(21)16-11(12(19)20)9-5-3-2-4-6-9/h2-6,8,11H,7H2,1H3,(H,19,20)(H2,14,16,21)/t11-/m0/s1. The number of aliphatic carboxylic acids is 1. The summed E-state index contributed by atoms with van der Waals surface area (Å²) in [6, 6.07) is 6.76. The zero-order valence-corrected chi connectivity index (χ0v) is 11.4. The summed E-state index contributed by atoms with van der Waals surface area (Å²) < 4.78 is 1.51. The van der Waals surface area contributed by atoms with E-state index in [0.717, 1.165) is 0 Å². The van der Waals surface area contributed by atoms with Crippen molar-refractivity contribution in [2.24, 2.45) is 7.05 Å². The van der Waals surface area contributed by atoms with Gasteiger partial charge in [-0.05, 0) is 5.56 Å². The van der Waals surface area contributed by atoms with Crippen molar-refractivity contribution in [3.05, 3.63) is 48.0 Å². The first kappa shape index (κ1) is 14.5. The van der Waals surface area contributed by atoms with Gasteiger partial charge in [-0.25, -0.2) is 14.6 Å². The highest BCUT2D eigenvalue weighted by Gasteiger charge is 2.21. The lowest BCUT2D eigenvalue weighted by molar-refractivity contribution is -0.139. The number of aromatic nitrogens is 3. The van der Waals surface area contributed by atoms with Crippen LogP contribution in [0.2, 0.25) is 0 Å². The molecule has 2 aromatic rings. The van der Waals surface area contributed by atoms with Gasteiger partial charge >= 0.3 is 12.0 Å². The van der Waals surface area contributed by atoms with Crippen LogP contribution in [-0.4, -0.2) is 31.9 Å². The molecular formula is C13H15N5O3. The van der Waals surface area contributed by atoms with Crippen molar-refractivity contribution in [3.63, 3.8) is 0 Å². The lowest BCUT2D eigenvalue weighted by Crippen LogP contribution is -2.40. The number of rotatable bonds is 5. The molecule has 110 valence electrons. The van der Waals surface area contributed by atoms with Crippen LogP contribution in [0.1, 0.15) is 17.4 Å². The Kier molecular flexibility index (Phi) is 4.50. The first-order chi connectivity index (χ1) is 10.1. The highest BCUT2D eigenvalue weighted by atomic mass is 16.4. The summed E-state index contributed by atoms with van der Waals surface area (Å²) in [6.07, 6.45) is 1.51. The second kappa shape index (κ2) is 6.51. The van der Waals surface area contributed by atoms with Gasteiger partial charge in [0.25, 0.3) is 0 Å². The van der Waals surface area contributed by atoms with Crippen LogP contribution in [-0.2, 0) is 18.4 Å². The molecule has 0 aliphatic carbocycles. The Morgan fingerprint density at radius 2 is 2.05 bits per heavy atom. The summed E-state index contributed by atoms with van der Waals surface area (Å²) >= 11 is 0. The van der Waals surface area contributed by atoms with E-state index in [1.54, 1.807) is 37.4 Å². The first-order valence-corrected chi connectivity index (χ1v) is 6.23. The molecule has 3 N–H and O–H groups in total. The number of carbonyl (C=O) groups is 2. The quantitative estimate of drug-likeness (QED) is 0.740. The molecule has 1 atom stereocenters. The molecule has 0 aliphatic rings. The maximum atomic E-state index is 11.8. The van der Waals surface area contributed by atoms with E-state index in [9.17, 15) is 14.7 Å². The van der Waals surface area contributed by atoms with Gasteiger partial charge in [-0.2, -0.15) is 5.10 Å². The van der Waals surface area contributed by atoms with Crippen LogP contribution < -0.4 is 10.6 Å². The van der Waals surface area contributed by atoms with Crippen molar-refractivity contribution in [1.29, 1.82) is 0 Å². The Balaban J connectivity index is 1.94. The summed E-state index contributed by atoms with van der Waals surface area (Å²) in [4.78, 5) is 27.0. The van der Waals surface area contributed by atoms with Crippen molar-refractivity contribution < 1.29 is 14.7 Å². The minimum Gasteiger partial charge on any atom is -0.479 e. The van der Waals surface area contributed by atoms with E-state index >= 15 is 0 Å². The number of amides is 2. The maximum Gasteiger partial charge on any atom is 0.330 e. The van der Waals surface area contributed by atoms with E-state index in [4.69, 9.17) is 0 Å². The molecule has 2 rings (SSSR count). The van der Waals surface area contributed by atoms with Gasteiger partial charge in [0.2, 0.25) is 0 Å². The Bertz CT molecular complexity index is 626. The molecule has 1 aromatic heterocycles. The van der Waals surface area contributed by atoms with Crippen molar-refractivity contribution in [2.45, 2.75) is 12.6 Å². The van der Waals surface area contributed by atoms with Crippen molar-refractivity contribution >= 4 is 12.0 Å². The molecule has 8 heteroatoms. The van der Waals surface area contributed by atoms with E-state index in [2.05, 4.69) is 20.7 Å². The molecule has 0 spiro atoms. The zero-order chi connectivity index (χ0) is 15.2. The highest BCUT2D eigenvalue weighted by molar-refractivity contribution is 5.83. The zero-order valence-electron chi connectivity index (χ0n) is 11.4. The van der Waals surface area contributed by atoms with Gasteiger partial charge in [-0.15, -0.1) is 0 Å². The Labute approximate surface area is 120 Å². The Morgan fingerprint density at radius 1 is 1.33 bits per heavy atom. The summed E-state index contributed by atoms with van der Waals surface area (Å²) in [6.45, 7) is 0.119. The number of aryl methyl sites for hydroxylation is 1. The number of nitrogens with one attached hydrogen (secondary N) is 2. The van der Waals surface area contributed by atoms with Gasteiger partial charge in [0.15, 0.2) is 11.9 Å². The molecule has 1 aromatic carbocycles. The molecule has 0 saturated heterocycles. The molecule has 8 nitrogen and oxygen atoms in total. The molecule has 0 saturated carbocycles. The van der Waals surface area contributed by atoms with E-state index in [1.165, 1.54) is 11.0 Å². The van der Waals surface area contributed by atoms with Crippen LogP contribution in [0, 0.1) is 0 Å². The van der Waals surface area contributed by atoms with Crippen LogP contribution in [0.15, 0.2) is 36.7 Å². The van der Waals surface area contributed by atoms with Crippen molar-refractivity contribution in [1.82, 2.24) is 25.4 Å². The third-order valence-corrected chi connectivity index (χ3v) is 2.71. The topological polar surface area (TPSA) is 109 Å². The minimum atomic E-state index is -1.13. The number of carboxylic acids is 1. The van der Waals surface area contributed by atoms with E-state index in [-0.39, 0.29) is 6.54 Å². The lowest BCUT2D eigenvalue weighted by atomic mass is 10.1. The van der Waals surface area contributed by atoms with Crippen LogP contribution in [0.4, 0.5) is 4.79 Å². The largest absolute Gasteiger partial charge is 0.479 e. The number of urea groups is 1. The molecule has 21 heavy (non-hydrogen) atoms. The van der Waals surface area contributed by atoms with Crippen LogP contribution in [0.5, 0.6) is 0 Å². The lowest BCUT2D eigenvalue weighted by Gasteiger charge is -2.15. The van der Waals surface area contributed by atoms with Gasteiger partial charge in [-0.1, -0.05) is 30.3 Å². The molecule has 0 aliphatic heterocycles. The number of carbonyl (C=O) groups excluding carboxylic acids is 1. The molecule has 0 unspecified atom stereocenters. The first-order valence-electron chi connectivity index (χ1n) is 6.23. The number of nitrogens with zero attached hydrogens (tertiary/aromatic N) is 3. The summed E-state index contributed by atoms with van der Waals surface area (Å²) in [5, 5.41) is 18.1. The summed E-state index contributed by atoms with van der Waals surface area (Å²) in [7, 11) is 1.71. The van der Waals surface area contributed by atoms with Crippen LogP contribution in [0.3, 0.4) is 0 Å². The molecule has 2 amide bonds. The highest BCUT2D eigenvalue weighted by Crippen LogP contribution is 2.12. The Morgan fingerprint density at radius 3 is 2.62 bits per heavy atom. The Hall–Kier alpha value is -2.90. The van der Waals surface area contributed by atoms with Crippen LogP contribution >= 0.6 is 0 Å². The third-order valence-electron chi connectivity index (χ3n) is 2.71. The fourth-order valence-electron chi connectivity index (χ4n) is 1.74. The number of hydrogen-bond acceptors (Lipinski definition) is 4. The van der Waals surface area contributed by atoms with E-state index < -0.39 is 18.0 Å². The number of benzene rings is 1. The monoisotopic (exact) mass is 289 g/mol. The second-order valence-electron chi connectivity index (χ2n) is 4.34. The molecule has 0 fully saturated rings. The van der Waals surface area contributed by atoms with Crippen molar-refractivity contribution in [2.75, 3.05) is 0 Å². The van der Waals surface area contributed by atoms with Crippen molar-refractivity contribution in [3.8, 4) is 0 Å². The van der Waals surface area contributed by atoms with Gasteiger partial charge in [0.05, 0.1) is 6.54 Å². The SMILES string of the molecule is Cn1cnc(CNC(=O)N[C@H](C(=O)O)c2ccccc2)n1. The van der Waals surface area contributed by atoms with Gasteiger partial charge in [-0.3, -0.25) is 4.68 Å². The minimum absolute atomic E-state index is 0.119. The average Bonchev–Trinajstić information content (AvgIpc) is 2.89. The predicted molar refractivity (Wildman–Crippen MR) is 73.2 cm³/mol. The van der Waals surface area contributed by atoms with Gasteiger partial charge in [0.1, 0.15) is 6.33 Å². The number of carboxylic acid groups (broad SMARTS) is 1. The fourth-order valence-corrected chi connectivity index (χ4v) is 1.74. The molecular weight excluding hydrogens is 274 g/mol. The normalized spacial score (nSPS) is 11.7. The van der Waals surface area contributed by atoms with E-state index in [1.807, 2.05) is 0 Å². The molecule has 1 heterocycles. The average molecular weight is 289 g/mol. The van der Waals surface area contributed by atoms with E-state index in [0.29, 0.717) is 11.4 Å². The summed E-state index contributed by atoms with van der Waals surface area (Å²) in [5.74, 6) is -0.688. The third kappa shape index (κ3) is 4.03. The maximum absolute atomic E-state index is 11.8. The molecule has 0 radical (unpaired) electrons. The molecule has 0 bridgehead atoms. The number of hydrogen-bond donors (Lipinski definition) is 3. The fraction of sp³-hybridized carbons (Fsp3) is 0.231. The second-order valence-corrected chi connectivity index (χ2v) is 4.34. The van der Waals surface area contributed by atoms with Gasteiger partial charge in [0, 0.05) is 7.05 Å². The predicted octanol–water partition coefficient (Wildman–Crippen LogP) is 0.440. The van der Waals surface area contributed by atoms with Gasteiger partial charge < -0.3 is 15.7 Å².